The molecule has 14 heavy (non-hydrogen) atoms. The van der Waals surface area contributed by atoms with Crippen LogP contribution in [0.1, 0.15) is 39.5 Å². The molecule has 0 N–H and O–H groups in total. The Morgan fingerprint density at radius 3 is 2.57 bits per heavy atom. The van der Waals surface area contributed by atoms with Crippen LogP contribution >= 0.6 is 0 Å². The molecule has 76 valence electrons. The van der Waals surface area contributed by atoms with Crippen LogP contribution < -0.4 is 0 Å². The van der Waals surface area contributed by atoms with Gasteiger partial charge in [-0.25, -0.2) is 0 Å². The quantitative estimate of drug-likeness (QED) is 0.567. The molecule has 0 bridgehead atoms. The second-order valence-corrected chi connectivity index (χ2v) is 3.64. The van der Waals surface area contributed by atoms with Gasteiger partial charge in [-0.3, -0.25) is 0 Å². The molecule has 0 saturated carbocycles. The van der Waals surface area contributed by atoms with Gasteiger partial charge in [-0.1, -0.05) is 50.3 Å². The first-order valence-corrected chi connectivity index (χ1v) is 5.53. The van der Waals surface area contributed by atoms with Crippen LogP contribution in [0.2, 0.25) is 0 Å². The summed E-state index contributed by atoms with van der Waals surface area (Å²) < 4.78 is 0. The minimum absolute atomic E-state index is 1.09. The summed E-state index contributed by atoms with van der Waals surface area (Å²) in [6.45, 7) is 8.25. The monoisotopic (exact) mass is 188 g/mol. The lowest BCUT2D eigenvalue weighted by atomic mass is 9.92. The van der Waals surface area contributed by atoms with E-state index in [0.29, 0.717) is 0 Å². The molecular weight excluding hydrogens is 168 g/mol. The van der Waals surface area contributed by atoms with Gasteiger partial charge in [0.15, 0.2) is 0 Å². The number of allylic oxidation sites excluding steroid dienone is 7. The topological polar surface area (TPSA) is 0 Å². The highest BCUT2D eigenvalue weighted by atomic mass is 14.1. The van der Waals surface area contributed by atoms with Crippen LogP contribution in [-0.4, -0.2) is 0 Å². The molecule has 1 aliphatic rings. The van der Waals surface area contributed by atoms with E-state index >= 15 is 0 Å². The second kappa shape index (κ2) is 5.64. The fourth-order valence-electron chi connectivity index (χ4n) is 1.78. The highest BCUT2D eigenvalue weighted by Gasteiger charge is 2.06. The zero-order valence-electron chi connectivity index (χ0n) is 9.34. The molecule has 0 unspecified atom stereocenters. The maximum atomic E-state index is 3.86. The number of rotatable bonds is 4. The molecule has 0 aromatic carbocycles. The molecule has 1 aliphatic carbocycles. The Labute approximate surface area is 87.7 Å². The van der Waals surface area contributed by atoms with Gasteiger partial charge in [0.25, 0.3) is 0 Å². The van der Waals surface area contributed by atoms with Gasteiger partial charge in [0.1, 0.15) is 0 Å². The predicted molar refractivity (Wildman–Crippen MR) is 64.3 cm³/mol. The lowest BCUT2D eigenvalue weighted by Crippen LogP contribution is -1.94. The molecule has 0 fully saturated rings. The van der Waals surface area contributed by atoms with E-state index in [0.717, 1.165) is 6.42 Å². The lowest BCUT2D eigenvalue weighted by Gasteiger charge is -2.14. The highest BCUT2D eigenvalue weighted by molar-refractivity contribution is 5.43. The van der Waals surface area contributed by atoms with E-state index in [2.05, 4.69) is 38.7 Å². The van der Waals surface area contributed by atoms with Gasteiger partial charge in [0.05, 0.1) is 0 Å². The van der Waals surface area contributed by atoms with E-state index in [-0.39, 0.29) is 0 Å². The Bertz CT molecular complexity index is 287. The first-order valence-electron chi connectivity index (χ1n) is 5.53. The van der Waals surface area contributed by atoms with Crippen LogP contribution in [-0.2, 0) is 0 Å². The first-order chi connectivity index (χ1) is 6.81. The molecule has 0 atom stereocenters. The van der Waals surface area contributed by atoms with Crippen molar-refractivity contribution in [2.75, 3.05) is 0 Å². The minimum Gasteiger partial charge on any atom is -0.0985 e. The van der Waals surface area contributed by atoms with Crippen molar-refractivity contribution in [1.29, 1.82) is 0 Å². The Morgan fingerprint density at radius 2 is 2.14 bits per heavy atom. The van der Waals surface area contributed by atoms with Gasteiger partial charge in [-0.05, 0) is 36.8 Å². The zero-order chi connectivity index (χ0) is 10.4. The summed E-state index contributed by atoms with van der Waals surface area (Å²) >= 11 is 0. The molecule has 0 aromatic heterocycles. The van der Waals surface area contributed by atoms with Gasteiger partial charge in [0.2, 0.25) is 0 Å². The molecule has 0 radical (unpaired) electrons. The fourth-order valence-corrected chi connectivity index (χ4v) is 1.78. The molecule has 0 saturated heterocycles. The maximum Gasteiger partial charge on any atom is -0.0236 e. The van der Waals surface area contributed by atoms with Crippen LogP contribution in [0.25, 0.3) is 0 Å². The number of hydrogen-bond acceptors (Lipinski definition) is 0. The van der Waals surface area contributed by atoms with Gasteiger partial charge >= 0.3 is 0 Å². The summed E-state index contributed by atoms with van der Waals surface area (Å²) in [4.78, 5) is 0. The smallest absolute Gasteiger partial charge is 0.0236 e. The average Bonchev–Trinajstić information content (AvgIpc) is 2.26. The standard InChI is InChI=1S/C14H20/c1-4-7-13(6-3)14-10-8-12(5-2)9-11-14/h6-8,10H,3-5,9,11H2,1-2H3. The van der Waals surface area contributed by atoms with Crippen molar-refractivity contribution in [3.63, 3.8) is 0 Å². The predicted octanol–water partition coefficient (Wildman–Crippen LogP) is 4.57. The van der Waals surface area contributed by atoms with Crippen molar-refractivity contribution in [1.82, 2.24) is 0 Å². The molecule has 0 heterocycles. The molecule has 0 heteroatoms. The summed E-state index contributed by atoms with van der Waals surface area (Å²) in [5.41, 5.74) is 4.33. The van der Waals surface area contributed by atoms with Gasteiger partial charge < -0.3 is 0 Å². The van der Waals surface area contributed by atoms with Crippen LogP contribution in [0, 0.1) is 0 Å². The summed E-state index contributed by atoms with van der Waals surface area (Å²) in [6.07, 6.45) is 13.4. The van der Waals surface area contributed by atoms with Crippen molar-refractivity contribution in [3.8, 4) is 0 Å². The largest absolute Gasteiger partial charge is 0.0985 e. The molecular formula is C14H20. The zero-order valence-corrected chi connectivity index (χ0v) is 9.34. The summed E-state index contributed by atoms with van der Waals surface area (Å²) in [6, 6.07) is 0. The van der Waals surface area contributed by atoms with Crippen molar-refractivity contribution in [2.45, 2.75) is 39.5 Å². The van der Waals surface area contributed by atoms with E-state index < -0.39 is 0 Å². The maximum absolute atomic E-state index is 3.86. The first kappa shape index (κ1) is 11.0. The van der Waals surface area contributed by atoms with Crippen molar-refractivity contribution in [3.05, 3.63) is 47.6 Å². The van der Waals surface area contributed by atoms with E-state index in [9.17, 15) is 0 Å². The normalized spacial score (nSPS) is 17.4. The van der Waals surface area contributed by atoms with Crippen molar-refractivity contribution < 1.29 is 0 Å². The third-order valence-electron chi connectivity index (χ3n) is 2.70. The Hall–Kier alpha value is -1.04. The van der Waals surface area contributed by atoms with E-state index in [1.54, 1.807) is 5.57 Å². The molecule has 1 rings (SSSR count). The van der Waals surface area contributed by atoms with E-state index in [1.165, 1.54) is 30.4 Å². The third-order valence-corrected chi connectivity index (χ3v) is 2.70. The summed E-state index contributed by atoms with van der Waals surface area (Å²) in [5, 5.41) is 0. The molecule has 0 amide bonds. The van der Waals surface area contributed by atoms with Crippen LogP contribution in [0.5, 0.6) is 0 Å². The van der Waals surface area contributed by atoms with Crippen molar-refractivity contribution >= 4 is 0 Å². The van der Waals surface area contributed by atoms with Crippen LogP contribution in [0.4, 0.5) is 0 Å². The third kappa shape index (κ3) is 2.73. The lowest BCUT2D eigenvalue weighted by molar-refractivity contribution is 0.865. The van der Waals surface area contributed by atoms with Crippen molar-refractivity contribution in [2.24, 2.45) is 0 Å². The Morgan fingerprint density at radius 1 is 1.36 bits per heavy atom. The second-order valence-electron chi connectivity index (χ2n) is 3.64. The molecule has 0 aromatic rings. The Balaban J connectivity index is 2.80. The fraction of sp³-hybridized carbons (Fsp3) is 0.429. The minimum atomic E-state index is 1.09. The SMILES string of the molecule is C=CC(=CCC)C1=CC=C(CC)CC1. The molecule has 0 aliphatic heterocycles. The van der Waals surface area contributed by atoms with E-state index in [1.807, 2.05) is 6.08 Å². The van der Waals surface area contributed by atoms with Gasteiger partial charge in [-0.15, -0.1) is 0 Å². The van der Waals surface area contributed by atoms with Gasteiger partial charge in [0, 0.05) is 0 Å². The van der Waals surface area contributed by atoms with Gasteiger partial charge in [-0.2, -0.15) is 0 Å². The van der Waals surface area contributed by atoms with Crippen LogP contribution in [0.15, 0.2) is 47.6 Å². The van der Waals surface area contributed by atoms with Crippen LogP contribution in [0.3, 0.4) is 0 Å². The molecule has 0 nitrogen and oxygen atoms in total. The Kier molecular flexibility index (Phi) is 4.45. The highest BCUT2D eigenvalue weighted by Crippen LogP contribution is 2.26. The average molecular weight is 188 g/mol. The summed E-state index contributed by atoms with van der Waals surface area (Å²) in [7, 11) is 0. The molecule has 0 spiro atoms. The van der Waals surface area contributed by atoms with E-state index in [4.69, 9.17) is 0 Å². The summed E-state index contributed by atoms with van der Waals surface area (Å²) in [5.74, 6) is 0. The number of hydrogen-bond donors (Lipinski definition) is 0.